The van der Waals surface area contributed by atoms with Crippen LogP contribution in [-0.4, -0.2) is 42.0 Å². The predicted octanol–water partition coefficient (Wildman–Crippen LogP) is -0.945. The van der Waals surface area contributed by atoms with Crippen molar-refractivity contribution in [2.45, 2.75) is 6.04 Å². The van der Waals surface area contributed by atoms with Gasteiger partial charge in [0.05, 0.1) is 17.2 Å². The Balaban J connectivity index is 2.13. The molecule has 2 rings (SSSR count). The maximum absolute atomic E-state index is 11.7. The van der Waals surface area contributed by atoms with Crippen molar-refractivity contribution in [3.8, 4) is 0 Å². The molecule has 0 aromatic carbocycles. The largest absolute Gasteiger partial charge is 0.392 e. The minimum Gasteiger partial charge on any atom is -0.392 e. The van der Waals surface area contributed by atoms with Gasteiger partial charge in [0.2, 0.25) is 10.0 Å². The summed E-state index contributed by atoms with van der Waals surface area (Å²) in [5.41, 5.74) is 5.22. The van der Waals surface area contributed by atoms with Crippen LogP contribution in [0, 0.1) is 0 Å². The number of anilines is 1. The van der Waals surface area contributed by atoms with Gasteiger partial charge in [0.1, 0.15) is 11.6 Å². The highest BCUT2D eigenvalue weighted by molar-refractivity contribution is 7.95. The molecule has 0 atom stereocenters. The van der Waals surface area contributed by atoms with Gasteiger partial charge in [0.15, 0.2) is 0 Å². The number of nitrogens with one attached hydrogen (secondary N) is 2. The highest BCUT2D eigenvalue weighted by Crippen LogP contribution is 2.18. The fourth-order valence-electron chi connectivity index (χ4n) is 1.52. The van der Waals surface area contributed by atoms with Crippen LogP contribution in [0.1, 0.15) is 6.04 Å². The summed E-state index contributed by atoms with van der Waals surface area (Å²) in [6.07, 6.45) is 1.55. The van der Waals surface area contributed by atoms with Gasteiger partial charge < -0.3 is 11.1 Å². The summed E-state index contributed by atoms with van der Waals surface area (Å²) in [4.78, 5) is -0.0612. The molecule has 0 spiro atoms. The van der Waals surface area contributed by atoms with Crippen molar-refractivity contribution in [3.63, 3.8) is 0 Å². The first kappa shape index (κ1) is 12.3. The summed E-state index contributed by atoms with van der Waals surface area (Å²) in [6, 6.07) is 1.79. The first-order chi connectivity index (χ1) is 7.98. The van der Waals surface area contributed by atoms with E-state index >= 15 is 0 Å². The molecule has 17 heavy (non-hydrogen) atoms. The number of hydrogen-bond acceptors (Lipinski definition) is 5. The van der Waals surface area contributed by atoms with Gasteiger partial charge in [-0.25, -0.2) is 13.1 Å². The third-order valence-electron chi connectivity index (χ3n) is 2.37. The maximum Gasteiger partial charge on any atom is 0.240 e. The van der Waals surface area contributed by atoms with E-state index < -0.39 is 10.0 Å². The first-order valence-corrected chi connectivity index (χ1v) is 7.07. The molecule has 94 valence electrons. The van der Waals surface area contributed by atoms with Crippen molar-refractivity contribution >= 4 is 33.0 Å². The molecule has 0 saturated carbocycles. The van der Waals surface area contributed by atoms with Gasteiger partial charge in [-0.3, -0.25) is 4.72 Å². The average molecular weight is 275 g/mol. The topological polar surface area (TPSA) is 102 Å². The van der Waals surface area contributed by atoms with Crippen molar-refractivity contribution in [2.24, 2.45) is 5.73 Å². The Kier molecular flexibility index (Phi) is 3.31. The van der Waals surface area contributed by atoms with Crippen LogP contribution in [0.5, 0.6) is 0 Å². The van der Waals surface area contributed by atoms with E-state index in [2.05, 4.69) is 27.4 Å². The lowest BCUT2D eigenvalue weighted by Crippen LogP contribution is -2.44. The van der Waals surface area contributed by atoms with E-state index in [-0.39, 0.29) is 16.8 Å². The number of nitrogens with zero attached hydrogens (tertiary/aromatic N) is 2. The summed E-state index contributed by atoms with van der Waals surface area (Å²) in [5.74, 6) is 0.0731. The Hall–Kier alpha value is -1.19. The Bertz CT molecular complexity index is 520. The minimum atomic E-state index is -3.54. The van der Waals surface area contributed by atoms with E-state index in [0.717, 1.165) is 13.1 Å². The second-order valence-electron chi connectivity index (χ2n) is 3.80. The molecule has 0 bridgehead atoms. The summed E-state index contributed by atoms with van der Waals surface area (Å²) >= 11 is 4.58. The van der Waals surface area contributed by atoms with E-state index in [4.69, 9.17) is 5.73 Å². The van der Waals surface area contributed by atoms with Crippen LogP contribution in [0.4, 0.5) is 5.82 Å². The van der Waals surface area contributed by atoms with Crippen LogP contribution in [-0.2, 0) is 10.0 Å². The SMILES string of the molecule is NC(=S)CS(=O)(=O)Nc1ccnn1C1CNC1. The Morgan fingerprint density at radius 2 is 2.41 bits per heavy atom. The molecule has 1 aliphatic heterocycles. The minimum absolute atomic E-state index is 0.0612. The van der Waals surface area contributed by atoms with E-state index in [1.54, 1.807) is 16.9 Å². The molecule has 7 nitrogen and oxygen atoms in total. The Morgan fingerprint density at radius 1 is 1.71 bits per heavy atom. The van der Waals surface area contributed by atoms with E-state index in [1.165, 1.54) is 0 Å². The molecule has 1 aromatic heterocycles. The number of aromatic nitrogens is 2. The van der Waals surface area contributed by atoms with Gasteiger partial charge >= 0.3 is 0 Å². The maximum atomic E-state index is 11.7. The van der Waals surface area contributed by atoms with Crippen LogP contribution < -0.4 is 15.8 Å². The van der Waals surface area contributed by atoms with Crippen LogP contribution >= 0.6 is 12.2 Å². The molecule has 2 heterocycles. The number of thiocarbonyl (C=S) groups is 1. The summed E-state index contributed by atoms with van der Waals surface area (Å²) in [6.45, 7) is 1.57. The Labute approximate surface area is 104 Å². The standard InChI is InChI=1S/C8H13N5O2S2/c9-7(16)5-17(14,15)12-8-1-2-11-13(8)6-3-10-4-6/h1-2,6,10,12H,3-5H2,(H2,9,16). The third-order valence-corrected chi connectivity index (χ3v) is 3.91. The second-order valence-corrected chi connectivity index (χ2v) is 6.05. The summed E-state index contributed by atoms with van der Waals surface area (Å²) < 4.78 is 27.4. The van der Waals surface area contributed by atoms with E-state index in [1.807, 2.05) is 0 Å². The second kappa shape index (κ2) is 4.59. The first-order valence-electron chi connectivity index (χ1n) is 5.01. The zero-order valence-electron chi connectivity index (χ0n) is 8.96. The van der Waals surface area contributed by atoms with Crippen LogP contribution in [0.25, 0.3) is 0 Å². The predicted molar refractivity (Wildman–Crippen MR) is 68.3 cm³/mol. The molecule has 9 heteroatoms. The lowest BCUT2D eigenvalue weighted by molar-refractivity contribution is 0.322. The molecule has 4 N–H and O–H groups in total. The van der Waals surface area contributed by atoms with Gasteiger partial charge in [-0.1, -0.05) is 12.2 Å². The molecule has 1 fully saturated rings. The van der Waals surface area contributed by atoms with Gasteiger partial charge in [-0.15, -0.1) is 0 Å². The number of rotatable bonds is 5. The van der Waals surface area contributed by atoms with Crippen molar-refractivity contribution in [1.29, 1.82) is 0 Å². The van der Waals surface area contributed by atoms with Gasteiger partial charge in [0.25, 0.3) is 0 Å². The molecule has 0 amide bonds. The summed E-state index contributed by atoms with van der Waals surface area (Å²) in [5, 5.41) is 7.18. The van der Waals surface area contributed by atoms with Crippen molar-refractivity contribution in [1.82, 2.24) is 15.1 Å². The van der Waals surface area contributed by atoms with Crippen LogP contribution in [0.3, 0.4) is 0 Å². The molecule has 0 aliphatic carbocycles. The van der Waals surface area contributed by atoms with Gasteiger partial charge in [-0.05, 0) is 0 Å². The van der Waals surface area contributed by atoms with E-state index in [0.29, 0.717) is 5.82 Å². The molecular formula is C8H13N5O2S2. The van der Waals surface area contributed by atoms with Crippen molar-refractivity contribution < 1.29 is 8.42 Å². The molecule has 0 radical (unpaired) electrons. The fourth-order valence-corrected chi connectivity index (χ4v) is 2.91. The molecular weight excluding hydrogens is 262 g/mol. The lowest BCUT2D eigenvalue weighted by Gasteiger charge is -2.28. The monoisotopic (exact) mass is 275 g/mol. The lowest BCUT2D eigenvalue weighted by atomic mass is 10.2. The molecule has 1 saturated heterocycles. The summed E-state index contributed by atoms with van der Waals surface area (Å²) in [7, 11) is -3.54. The average Bonchev–Trinajstić information content (AvgIpc) is 2.46. The molecule has 1 aromatic rings. The third kappa shape index (κ3) is 2.93. The number of sulfonamides is 1. The molecule has 1 aliphatic rings. The quantitative estimate of drug-likeness (QED) is 0.599. The zero-order chi connectivity index (χ0) is 12.5. The fraction of sp³-hybridized carbons (Fsp3) is 0.500. The van der Waals surface area contributed by atoms with Crippen molar-refractivity contribution in [3.05, 3.63) is 12.3 Å². The highest BCUT2D eigenvalue weighted by Gasteiger charge is 2.23. The van der Waals surface area contributed by atoms with Crippen molar-refractivity contribution in [2.75, 3.05) is 23.6 Å². The van der Waals surface area contributed by atoms with E-state index in [9.17, 15) is 8.42 Å². The van der Waals surface area contributed by atoms with Crippen LogP contribution in [0.15, 0.2) is 12.3 Å². The zero-order valence-corrected chi connectivity index (χ0v) is 10.6. The Morgan fingerprint density at radius 3 is 2.94 bits per heavy atom. The van der Waals surface area contributed by atoms with Crippen LogP contribution in [0.2, 0.25) is 0 Å². The van der Waals surface area contributed by atoms with Gasteiger partial charge in [-0.2, -0.15) is 5.10 Å². The molecule has 0 unspecified atom stereocenters. The normalized spacial score (nSPS) is 16.5. The smallest absolute Gasteiger partial charge is 0.240 e. The van der Waals surface area contributed by atoms with Gasteiger partial charge in [0, 0.05) is 19.2 Å². The highest BCUT2D eigenvalue weighted by atomic mass is 32.2. The number of hydrogen-bond donors (Lipinski definition) is 3. The number of nitrogens with two attached hydrogens (primary N) is 1.